The first-order valence-corrected chi connectivity index (χ1v) is 17.9. The van der Waals surface area contributed by atoms with Crippen molar-refractivity contribution < 1.29 is 4.79 Å². The zero-order chi connectivity index (χ0) is 35.7. The summed E-state index contributed by atoms with van der Waals surface area (Å²) in [7, 11) is 0. The lowest BCUT2D eigenvalue weighted by atomic mass is 9.88. The Kier molecular flexibility index (Phi) is 8.39. The molecule has 0 unspecified atom stereocenters. The van der Waals surface area contributed by atoms with Crippen LogP contribution in [0, 0.1) is 0 Å². The van der Waals surface area contributed by atoms with Crippen molar-refractivity contribution in [1.29, 1.82) is 0 Å². The number of hydrogen-bond acceptors (Lipinski definition) is 3. The first-order valence-electron chi connectivity index (χ1n) is 17.5. The molecule has 53 heavy (non-hydrogen) atoms. The molecule has 0 N–H and O–H groups in total. The van der Waals surface area contributed by atoms with Gasteiger partial charge in [-0.1, -0.05) is 146 Å². The van der Waals surface area contributed by atoms with Crippen molar-refractivity contribution in [2.75, 3.05) is 0 Å². The summed E-state index contributed by atoms with van der Waals surface area (Å²) in [4.78, 5) is 22.6. The highest BCUT2D eigenvalue weighted by Crippen LogP contribution is 2.39. The predicted molar refractivity (Wildman–Crippen MR) is 220 cm³/mol. The maximum absolute atomic E-state index is 12.8. The third-order valence-corrected chi connectivity index (χ3v) is 10.0. The van der Waals surface area contributed by atoms with Crippen molar-refractivity contribution in [2.45, 2.75) is 0 Å². The fourth-order valence-corrected chi connectivity index (χ4v) is 7.23. The SMILES string of the molecule is O=C(Cl)c1cc(-c2ccccc2-c2ccc(-c3ccc4ccccc4n3)cc2)cc(-c2ccccc2-c2ccc(-c3ccc4ccccc4n3)cc2)c1. The lowest BCUT2D eigenvalue weighted by Gasteiger charge is -2.16. The third kappa shape index (κ3) is 6.40. The van der Waals surface area contributed by atoms with Crippen LogP contribution in [0.15, 0.2) is 188 Å². The number of pyridine rings is 2. The van der Waals surface area contributed by atoms with E-state index in [1.165, 1.54) is 0 Å². The maximum Gasteiger partial charge on any atom is 0.252 e. The molecule has 0 amide bonds. The molecule has 9 aromatic rings. The van der Waals surface area contributed by atoms with Gasteiger partial charge in [0.05, 0.1) is 22.4 Å². The van der Waals surface area contributed by atoms with Crippen LogP contribution in [-0.4, -0.2) is 15.2 Å². The number of rotatable bonds is 7. The molecule has 0 atom stereocenters. The first kappa shape index (κ1) is 32.2. The number of halogens is 1. The molecular weight excluding hydrogens is 668 g/mol. The Morgan fingerprint density at radius 1 is 0.358 bits per heavy atom. The number of fused-ring (bicyclic) bond motifs is 2. The van der Waals surface area contributed by atoms with E-state index in [1.807, 2.05) is 72.8 Å². The second-order valence-electron chi connectivity index (χ2n) is 13.1. The molecule has 0 saturated carbocycles. The molecule has 4 heteroatoms. The molecule has 0 aliphatic carbocycles. The Labute approximate surface area is 312 Å². The van der Waals surface area contributed by atoms with E-state index in [-0.39, 0.29) is 0 Å². The van der Waals surface area contributed by atoms with Crippen molar-refractivity contribution >= 4 is 38.6 Å². The van der Waals surface area contributed by atoms with Crippen molar-refractivity contribution in [3.63, 3.8) is 0 Å². The zero-order valence-electron chi connectivity index (χ0n) is 28.6. The summed E-state index contributed by atoms with van der Waals surface area (Å²) in [5.41, 5.74) is 14.4. The predicted octanol–water partition coefficient (Wildman–Crippen LogP) is 13.2. The van der Waals surface area contributed by atoms with E-state index in [0.717, 1.165) is 88.8 Å². The largest absolute Gasteiger partial charge is 0.276 e. The molecule has 7 aromatic carbocycles. The Morgan fingerprint density at radius 2 is 0.717 bits per heavy atom. The van der Waals surface area contributed by atoms with Gasteiger partial charge in [-0.2, -0.15) is 0 Å². The Bertz CT molecular complexity index is 2620. The number of carbonyl (C=O) groups excluding carboxylic acids is 1. The second kappa shape index (κ2) is 13.8. The number of carbonyl (C=O) groups is 1. The summed E-state index contributed by atoms with van der Waals surface area (Å²) in [6.45, 7) is 0. The van der Waals surface area contributed by atoms with Gasteiger partial charge in [-0.15, -0.1) is 0 Å². The molecule has 0 spiro atoms. The van der Waals surface area contributed by atoms with Crippen LogP contribution in [0.3, 0.4) is 0 Å². The van der Waals surface area contributed by atoms with Crippen LogP contribution in [0.1, 0.15) is 10.4 Å². The van der Waals surface area contributed by atoms with Crippen LogP contribution in [0.4, 0.5) is 0 Å². The fourth-order valence-electron chi connectivity index (χ4n) is 7.12. The summed E-state index contributed by atoms with van der Waals surface area (Å²) in [5.74, 6) is 0. The standard InChI is InChI=1S/C49H31ClN2O/c50-49(53)40-30-38(43-13-5-3-11-41(43)32-17-21-36(22-18-32)47-27-25-34-9-1-7-15-45(34)51-47)29-39(31-40)44-14-6-4-12-42(44)33-19-23-37(24-20-33)48-28-26-35-10-2-8-16-46(35)52-48/h1-31H. The van der Waals surface area contributed by atoms with Crippen molar-refractivity contribution in [2.24, 2.45) is 0 Å². The molecule has 9 rings (SSSR count). The Hall–Kier alpha value is -6.68. The first-order chi connectivity index (χ1) is 26.1. The fraction of sp³-hybridized carbons (Fsp3) is 0. The molecule has 0 saturated heterocycles. The van der Waals surface area contributed by atoms with E-state index in [1.54, 1.807) is 0 Å². The molecule has 3 nitrogen and oxygen atoms in total. The normalized spacial score (nSPS) is 11.2. The van der Waals surface area contributed by atoms with Crippen LogP contribution in [-0.2, 0) is 0 Å². The van der Waals surface area contributed by atoms with Crippen LogP contribution in [0.25, 0.3) is 88.8 Å². The van der Waals surface area contributed by atoms with E-state index in [9.17, 15) is 4.79 Å². The summed E-state index contributed by atoms with van der Waals surface area (Å²) >= 11 is 6.21. The van der Waals surface area contributed by atoms with Gasteiger partial charge in [0.25, 0.3) is 5.24 Å². The minimum Gasteiger partial charge on any atom is -0.276 e. The van der Waals surface area contributed by atoms with Gasteiger partial charge in [0.1, 0.15) is 0 Å². The molecule has 0 radical (unpaired) electrons. The van der Waals surface area contributed by atoms with E-state index >= 15 is 0 Å². The highest BCUT2D eigenvalue weighted by atomic mass is 35.5. The highest BCUT2D eigenvalue weighted by molar-refractivity contribution is 6.67. The van der Waals surface area contributed by atoms with Crippen molar-refractivity contribution in [1.82, 2.24) is 9.97 Å². The Morgan fingerprint density at radius 3 is 1.13 bits per heavy atom. The average molecular weight is 699 g/mol. The highest BCUT2D eigenvalue weighted by Gasteiger charge is 2.16. The third-order valence-electron chi connectivity index (χ3n) is 9.82. The number of para-hydroxylation sites is 2. The van der Waals surface area contributed by atoms with Gasteiger partial charge in [0.15, 0.2) is 0 Å². The van der Waals surface area contributed by atoms with Crippen molar-refractivity contribution in [3.05, 3.63) is 194 Å². The second-order valence-corrected chi connectivity index (χ2v) is 13.4. The maximum atomic E-state index is 12.8. The van der Waals surface area contributed by atoms with Gasteiger partial charge in [-0.25, -0.2) is 9.97 Å². The smallest absolute Gasteiger partial charge is 0.252 e. The zero-order valence-corrected chi connectivity index (χ0v) is 29.3. The molecule has 0 aliphatic heterocycles. The lowest BCUT2D eigenvalue weighted by molar-refractivity contribution is 0.108. The molecule has 0 fully saturated rings. The summed E-state index contributed by atoms with van der Waals surface area (Å²) in [6, 6.07) is 64.2. The van der Waals surface area contributed by atoms with Gasteiger partial charge in [-0.3, -0.25) is 4.79 Å². The van der Waals surface area contributed by atoms with Gasteiger partial charge < -0.3 is 0 Å². The van der Waals surface area contributed by atoms with Crippen LogP contribution < -0.4 is 0 Å². The number of nitrogens with zero attached hydrogens (tertiary/aromatic N) is 2. The van der Waals surface area contributed by atoms with E-state index in [0.29, 0.717) is 5.56 Å². The van der Waals surface area contributed by atoms with Crippen LogP contribution in [0.2, 0.25) is 0 Å². The molecule has 250 valence electrons. The molecule has 0 bridgehead atoms. The summed E-state index contributed by atoms with van der Waals surface area (Å²) < 4.78 is 0. The lowest BCUT2D eigenvalue weighted by Crippen LogP contribution is -1.94. The number of aromatic nitrogens is 2. The van der Waals surface area contributed by atoms with E-state index in [2.05, 4.69) is 115 Å². The van der Waals surface area contributed by atoms with E-state index < -0.39 is 5.24 Å². The van der Waals surface area contributed by atoms with E-state index in [4.69, 9.17) is 21.6 Å². The molecule has 2 heterocycles. The molecule has 0 aliphatic rings. The van der Waals surface area contributed by atoms with Gasteiger partial charge in [0.2, 0.25) is 0 Å². The van der Waals surface area contributed by atoms with Gasteiger partial charge in [0, 0.05) is 27.5 Å². The van der Waals surface area contributed by atoms with Crippen LogP contribution in [0.5, 0.6) is 0 Å². The molecular formula is C49H31ClN2O. The number of benzene rings is 7. The number of hydrogen-bond donors (Lipinski definition) is 0. The topological polar surface area (TPSA) is 42.9 Å². The van der Waals surface area contributed by atoms with Crippen LogP contribution >= 0.6 is 11.6 Å². The van der Waals surface area contributed by atoms with Gasteiger partial charge in [-0.05, 0) is 98.6 Å². The summed E-state index contributed by atoms with van der Waals surface area (Å²) in [6.07, 6.45) is 0. The quantitative estimate of drug-likeness (QED) is 0.156. The van der Waals surface area contributed by atoms with Gasteiger partial charge >= 0.3 is 0 Å². The summed E-state index contributed by atoms with van der Waals surface area (Å²) in [5, 5.41) is 1.74. The minimum absolute atomic E-state index is 0.444. The minimum atomic E-state index is -0.498. The van der Waals surface area contributed by atoms with Crippen molar-refractivity contribution in [3.8, 4) is 67.0 Å². The molecule has 2 aromatic heterocycles. The monoisotopic (exact) mass is 698 g/mol. The average Bonchev–Trinajstić information content (AvgIpc) is 3.23. The Balaban J connectivity index is 1.08.